The number of Topliss-reactive ketones (excluding diaryl/α,β-unsaturated/α-hetero) is 1. The van der Waals surface area contributed by atoms with Crippen molar-refractivity contribution in [1.82, 2.24) is 0 Å². The third-order valence-electron chi connectivity index (χ3n) is 1.56. The summed E-state index contributed by atoms with van der Waals surface area (Å²) in [5.74, 6) is -1.18. The van der Waals surface area contributed by atoms with Crippen molar-refractivity contribution in [3.05, 3.63) is 35.4 Å². The van der Waals surface area contributed by atoms with E-state index in [1.165, 1.54) is 24.3 Å². The summed E-state index contributed by atoms with van der Waals surface area (Å²) in [5.41, 5.74) is 5.54. The topological polar surface area (TPSA) is 77.2 Å². The first-order valence-electron chi connectivity index (χ1n) is 3.54. The van der Waals surface area contributed by atoms with Crippen molar-refractivity contribution in [3.63, 3.8) is 0 Å². The van der Waals surface area contributed by atoms with Gasteiger partial charge in [0, 0.05) is 11.1 Å². The van der Waals surface area contributed by atoms with Crippen LogP contribution >= 0.6 is 0 Å². The molecule has 1 aromatic carbocycles. The first kappa shape index (κ1) is 9.12. The van der Waals surface area contributed by atoms with Crippen molar-refractivity contribution in [3.8, 4) is 0 Å². The van der Waals surface area contributed by atoms with E-state index in [1.807, 2.05) is 0 Å². The quantitative estimate of drug-likeness (QED) is 0.406. The molecule has 0 aliphatic rings. The first-order valence-corrected chi connectivity index (χ1v) is 3.54. The van der Waals surface area contributed by atoms with E-state index in [0.29, 0.717) is 5.56 Å². The number of rotatable bonds is 3. The normalized spacial score (nSPS) is 9.23. The van der Waals surface area contributed by atoms with E-state index < -0.39 is 11.7 Å². The third-order valence-corrected chi connectivity index (χ3v) is 1.56. The monoisotopic (exact) mass is 177 g/mol. The fourth-order valence-corrected chi connectivity index (χ4v) is 0.867. The summed E-state index contributed by atoms with van der Waals surface area (Å²) in [4.78, 5) is 31.5. The summed E-state index contributed by atoms with van der Waals surface area (Å²) >= 11 is 0. The maximum atomic E-state index is 10.8. The molecule has 1 amide bonds. The van der Waals surface area contributed by atoms with Gasteiger partial charge in [0.15, 0.2) is 6.29 Å². The zero-order chi connectivity index (χ0) is 9.84. The van der Waals surface area contributed by atoms with Gasteiger partial charge in [-0.05, 0) is 12.1 Å². The maximum Gasteiger partial charge on any atom is 0.248 e. The zero-order valence-corrected chi connectivity index (χ0v) is 6.69. The van der Waals surface area contributed by atoms with Gasteiger partial charge in [-0.2, -0.15) is 0 Å². The number of hydrogen-bond acceptors (Lipinski definition) is 3. The Hall–Kier alpha value is -1.97. The molecule has 0 radical (unpaired) electrons. The van der Waals surface area contributed by atoms with E-state index >= 15 is 0 Å². The molecule has 4 heteroatoms. The number of benzene rings is 1. The van der Waals surface area contributed by atoms with Crippen molar-refractivity contribution < 1.29 is 14.4 Å². The number of primary amides is 1. The summed E-state index contributed by atoms with van der Waals surface area (Å²) in [6.07, 6.45) is 0.222. The highest BCUT2D eigenvalue weighted by Crippen LogP contribution is 2.03. The second-order valence-corrected chi connectivity index (χ2v) is 2.42. The van der Waals surface area contributed by atoms with Crippen molar-refractivity contribution >= 4 is 18.0 Å². The molecule has 0 bridgehead atoms. The molecule has 0 fully saturated rings. The van der Waals surface area contributed by atoms with Crippen LogP contribution in [0.15, 0.2) is 24.3 Å². The zero-order valence-electron chi connectivity index (χ0n) is 6.69. The fraction of sp³-hybridized carbons (Fsp3) is 0. The lowest BCUT2D eigenvalue weighted by Gasteiger charge is -1.95. The highest BCUT2D eigenvalue weighted by atomic mass is 16.2. The smallest absolute Gasteiger partial charge is 0.248 e. The van der Waals surface area contributed by atoms with Crippen LogP contribution in [0.25, 0.3) is 0 Å². The molecule has 1 aromatic rings. The number of aldehydes is 1. The Kier molecular flexibility index (Phi) is 2.54. The van der Waals surface area contributed by atoms with Crippen molar-refractivity contribution in [2.45, 2.75) is 0 Å². The molecule has 66 valence electrons. The van der Waals surface area contributed by atoms with Crippen molar-refractivity contribution in [1.29, 1.82) is 0 Å². The summed E-state index contributed by atoms with van der Waals surface area (Å²) in [7, 11) is 0. The van der Waals surface area contributed by atoms with Crippen LogP contribution in [-0.4, -0.2) is 18.0 Å². The van der Waals surface area contributed by atoms with E-state index in [9.17, 15) is 14.4 Å². The SMILES string of the molecule is NC(=O)c1ccc(C(=O)C=O)cc1. The van der Waals surface area contributed by atoms with E-state index in [2.05, 4.69) is 0 Å². The van der Waals surface area contributed by atoms with Gasteiger partial charge in [0.2, 0.25) is 11.7 Å². The molecule has 0 spiro atoms. The highest BCUT2D eigenvalue weighted by Gasteiger charge is 2.04. The summed E-state index contributed by atoms with van der Waals surface area (Å²) in [6.45, 7) is 0. The van der Waals surface area contributed by atoms with Crippen LogP contribution < -0.4 is 5.73 Å². The van der Waals surface area contributed by atoms with Crippen LogP contribution in [0.1, 0.15) is 20.7 Å². The van der Waals surface area contributed by atoms with Crippen molar-refractivity contribution in [2.75, 3.05) is 0 Å². The molecular formula is C9H7NO3. The fourth-order valence-electron chi connectivity index (χ4n) is 0.867. The number of carbonyl (C=O) groups is 3. The molecule has 0 saturated heterocycles. The lowest BCUT2D eigenvalue weighted by molar-refractivity contribution is -0.104. The minimum absolute atomic E-state index is 0.222. The summed E-state index contributed by atoms with van der Waals surface area (Å²) in [6, 6.07) is 5.58. The molecule has 4 nitrogen and oxygen atoms in total. The number of ketones is 1. The average molecular weight is 177 g/mol. The van der Waals surface area contributed by atoms with Crippen LogP contribution in [-0.2, 0) is 4.79 Å². The molecule has 0 unspecified atom stereocenters. The van der Waals surface area contributed by atoms with Crippen molar-refractivity contribution in [2.24, 2.45) is 5.73 Å². The Bertz CT molecular complexity index is 354. The molecule has 1 rings (SSSR count). The van der Waals surface area contributed by atoms with Gasteiger partial charge >= 0.3 is 0 Å². The van der Waals surface area contributed by atoms with Crippen LogP contribution in [0.5, 0.6) is 0 Å². The number of carbonyl (C=O) groups excluding carboxylic acids is 3. The lowest BCUT2D eigenvalue weighted by Crippen LogP contribution is -2.11. The Morgan fingerprint density at radius 1 is 1.08 bits per heavy atom. The predicted molar refractivity (Wildman–Crippen MR) is 45.4 cm³/mol. The van der Waals surface area contributed by atoms with E-state index in [4.69, 9.17) is 5.73 Å². The van der Waals surface area contributed by atoms with Gasteiger partial charge in [0.25, 0.3) is 0 Å². The maximum absolute atomic E-state index is 10.8. The van der Waals surface area contributed by atoms with Gasteiger partial charge in [0.05, 0.1) is 0 Å². The van der Waals surface area contributed by atoms with Gasteiger partial charge in [-0.3, -0.25) is 14.4 Å². The molecule has 0 aromatic heterocycles. The number of nitrogens with two attached hydrogens (primary N) is 1. The largest absolute Gasteiger partial charge is 0.366 e. The van der Waals surface area contributed by atoms with Gasteiger partial charge in [-0.15, -0.1) is 0 Å². The molecule has 0 saturated carbocycles. The van der Waals surface area contributed by atoms with E-state index in [-0.39, 0.29) is 11.8 Å². The van der Waals surface area contributed by atoms with Crippen LogP contribution in [0.2, 0.25) is 0 Å². The first-order chi connectivity index (χ1) is 6.15. The van der Waals surface area contributed by atoms with Crippen LogP contribution in [0.3, 0.4) is 0 Å². The van der Waals surface area contributed by atoms with E-state index in [1.54, 1.807) is 0 Å². The Balaban J connectivity index is 3.00. The molecular weight excluding hydrogens is 170 g/mol. The van der Waals surface area contributed by atoms with Gasteiger partial charge in [-0.1, -0.05) is 12.1 Å². The molecule has 13 heavy (non-hydrogen) atoms. The minimum atomic E-state index is -0.615. The average Bonchev–Trinajstić information content (AvgIpc) is 2.17. The second-order valence-electron chi connectivity index (χ2n) is 2.42. The van der Waals surface area contributed by atoms with E-state index in [0.717, 1.165) is 0 Å². The standard InChI is InChI=1S/C9H7NO3/c10-9(13)7-3-1-6(2-4-7)8(12)5-11/h1-5H,(H2,10,13). The highest BCUT2D eigenvalue weighted by molar-refractivity contribution is 6.33. The van der Waals surface area contributed by atoms with Gasteiger partial charge in [0.1, 0.15) is 0 Å². The Labute approximate surface area is 74.4 Å². The van der Waals surface area contributed by atoms with Gasteiger partial charge in [-0.25, -0.2) is 0 Å². The summed E-state index contributed by atoms with van der Waals surface area (Å²) < 4.78 is 0. The molecule has 0 aliphatic heterocycles. The van der Waals surface area contributed by atoms with Crippen LogP contribution in [0.4, 0.5) is 0 Å². The molecule has 2 N–H and O–H groups in total. The number of amides is 1. The molecule has 0 atom stereocenters. The van der Waals surface area contributed by atoms with Crippen LogP contribution in [0, 0.1) is 0 Å². The molecule has 0 heterocycles. The molecule has 0 aliphatic carbocycles. The Morgan fingerprint density at radius 3 is 1.92 bits per heavy atom. The second kappa shape index (κ2) is 3.62. The Morgan fingerprint density at radius 2 is 1.54 bits per heavy atom. The lowest BCUT2D eigenvalue weighted by atomic mass is 10.1. The predicted octanol–water partition coefficient (Wildman–Crippen LogP) is 0.167. The number of hydrogen-bond donors (Lipinski definition) is 1. The minimum Gasteiger partial charge on any atom is -0.366 e. The third kappa shape index (κ3) is 1.99. The summed E-state index contributed by atoms with van der Waals surface area (Å²) in [5, 5.41) is 0. The van der Waals surface area contributed by atoms with Gasteiger partial charge < -0.3 is 5.73 Å².